The van der Waals surface area contributed by atoms with Crippen molar-refractivity contribution < 1.29 is 10.2 Å². The molecule has 1 heterocycles. The van der Waals surface area contributed by atoms with Crippen LogP contribution in [0.5, 0.6) is 0 Å². The van der Waals surface area contributed by atoms with Crippen molar-refractivity contribution in [1.29, 1.82) is 0 Å². The van der Waals surface area contributed by atoms with E-state index >= 15 is 0 Å². The van der Waals surface area contributed by atoms with E-state index in [1.807, 2.05) is 0 Å². The van der Waals surface area contributed by atoms with Crippen molar-refractivity contribution in [3.63, 3.8) is 0 Å². The van der Waals surface area contributed by atoms with Crippen LogP contribution in [0.3, 0.4) is 0 Å². The van der Waals surface area contributed by atoms with Crippen LogP contribution in [0.2, 0.25) is 0 Å². The van der Waals surface area contributed by atoms with Gasteiger partial charge in [0.2, 0.25) is 0 Å². The van der Waals surface area contributed by atoms with Gasteiger partial charge in [-0.1, -0.05) is 48.5 Å². The van der Waals surface area contributed by atoms with Gasteiger partial charge in [0.05, 0.1) is 12.7 Å². The number of fused-ring (bicyclic) bond motifs is 3. The van der Waals surface area contributed by atoms with Gasteiger partial charge in [0.15, 0.2) is 0 Å². The van der Waals surface area contributed by atoms with Crippen molar-refractivity contribution >= 4 is 0 Å². The molecule has 0 spiro atoms. The molecule has 114 valence electrons. The number of rotatable bonds is 3. The summed E-state index contributed by atoms with van der Waals surface area (Å²) in [5.41, 5.74) is 5.37. The Kier molecular flexibility index (Phi) is 3.49. The zero-order chi connectivity index (χ0) is 15.1. The highest BCUT2D eigenvalue weighted by Gasteiger charge is 2.35. The minimum absolute atomic E-state index is 0.0786. The Hall–Kier alpha value is -1.68. The fraction of sp³-hybridized carbons (Fsp3) is 0.368. The fourth-order valence-corrected chi connectivity index (χ4v) is 4.06. The third-order valence-corrected chi connectivity index (χ3v) is 5.10. The minimum Gasteiger partial charge on any atom is -0.395 e. The van der Waals surface area contributed by atoms with E-state index < -0.39 is 0 Å². The van der Waals surface area contributed by atoms with Gasteiger partial charge in [-0.2, -0.15) is 0 Å². The van der Waals surface area contributed by atoms with E-state index in [9.17, 15) is 10.2 Å². The van der Waals surface area contributed by atoms with E-state index in [1.54, 1.807) is 0 Å². The lowest BCUT2D eigenvalue weighted by atomic mass is 9.96. The Morgan fingerprint density at radius 2 is 1.55 bits per heavy atom. The first-order valence-electron chi connectivity index (χ1n) is 7.99. The molecule has 3 heteroatoms. The predicted molar refractivity (Wildman–Crippen MR) is 86.8 cm³/mol. The van der Waals surface area contributed by atoms with Crippen LogP contribution in [0, 0.1) is 0 Å². The fourth-order valence-electron chi connectivity index (χ4n) is 4.06. The summed E-state index contributed by atoms with van der Waals surface area (Å²) in [4.78, 5) is 2.24. The molecule has 0 aromatic heterocycles. The third-order valence-electron chi connectivity index (χ3n) is 5.10. The molecule has 4 rings (SSSR count). The summed E-state index contributed by atoms with van der Waals surface area (Å²) in [6.07, 6.45) is 0.357. The maximum Gasteiger partial charge on any atom is 0.0683 e. The van der Waals surface area contributed by atoms with Crippen LogP contribution in [0.4, 0.5) is 0 Å². The average molecular weight is 295 g/mol. The zero-order valence-corrected chi connectivity index (χ0v) is 12.5. The van der Waals surface area contributed by atoms with Gasteiger partial charge >= 0.3 is 0 Å². The molecule has 3 nitrogen and oxygen atoms in total. The number of aliphatic hydroxyl groups excluding tert-OH is 2. The van der Waals surface area contributed by atoms with Crippen molar-refractivity contribution in [1.82, 2.24) is 4.90 Å². The largest absolute Gasteiger partial charge is 0.395 e. The second-order valence-electron chi connectivity index (χ2n) is 6.41. The molecule has 1 fully saturated rings. The molecule has 0 amide bonds. The van der Waals surface area contributed by atoms with Crippen molar-refractivity contribution in [2.75, 3.05) is 19.7 Å². The van der Waals surface area contributed by atoms with Gasteiger partial charge in [0.1, 0.15) is 0 Å². The van der Waals surface area contributed by atoms with Gasteiger partial charge in [-0.15, -0.1) is 0 Å². The molecule has 2 unspecified atom stereocenters. The van der Waals surface area contributed by atoms with Crippen LogP contribution in [-0.4, -0.2) is 47.0 Å². The van der Waals surface area contributed by atoms with Gasteiger partial charge < -0.3 is 10.2 Å². The van der Waals surface area contributed by atoms with E-state index in [4.69, 9.17) is 0 Å². The second-order valence-corrected chi connectivity index (χ2v) is 6.41. The molecule has 2 aliphatic rings. The van der Waals surface area contributed by atoms with Crippen LogP contribution < -0.4 is 0 Å². The average Bonchev–Trinajstić information content (AvgIpc) is 3.07. The number of likely N-dealkylation sites (tertiary alicyclic amines) is 1. The lowest BCUT2D eigenvalue weighted by Crippen LogP contribution is -2.35. The number of β-amino-alcohol motifs (C(OH)–C–C–N with tert-alkyl or cyclic N) is 1. The molecule has 1 aliphatic carbocycles. The maximum atomic E-state index is 9.91. The summed E-state index contributed by atoms with van der Waals surface area (Å²) in [7, 11) is 0. The molecule has 2 aromatic rings. The zero-order valence-electron chi connectivity index (χ0n) is 12.5. The standard InChI is InChI=1S/C19H21NO2/c21-12-13-9-14(22)10-20(13)11-19-17-7-3-1-5-15(17)16-6-2-4-8-18(16)19/h1-8,13-14,19,21-22H,9-12H2. The number of benzene rings is 2. The van der Waals surface area contributed by atoms with Crippen LogP contribution in [0.15, 0.2) is 48.5 Å². The lowest BCUT2D eigenvalue weighted by molar-refractivity contribution is 0.153. The molecule has 0 bridgehead atoms. The second kappa shape index (κ2) is 5.51. The summed E-state index contributed by atoms with van der Waals surface area (Å²) in [5, 5.41) is 19.5. The SMILES string of the molecule is OCC1CC(O)CN1CC1c2ccccc2-c2ccccc21. The summed E-state index contributed by atoms with van der Waals surface area (Å²) >= 11 is 0. The summed E-state index contributed by atoms with van der Waals surface area (Å²) in [5.74, 6) is 0.326. The summed E-state index contributed by atoms with van der Waals surface area (Å²) in [6, 6.07) is 17.3. The summed E-state index contributed by atoms with van der Waals surface area (Å²) in [6.45, 7) is 1.63. The van der Waals surface area contributed by atoms with E-state index in [0.29, 0.717) is 18.9 Å². The van der Waals surface area contributed by atoms with Gasteiger partial charge in [0, 0.05) is 25.0 Å². The quantitative estimate of drug-likeness (QED) is 0.912. The normalized spacial score (nSPS) is 24.5. The van der Waals surface area contributed by atoms with Crippen LogP contribution >= 0.6 is 0 Å². The molecule has 1 aliphatic heterocycles. The maximum absolute atomic E-state index is 9.91. The van der Waals surface area contributed by atoms with E-state index in [2.05, 4.69) is 53.4 Å². The van der Waals surface area contributed by atoms with Crippen molar-refractivity contribution in [2.45, 2.75) is 24.5 Å². The van der Waals surface area contributed by atoms with Crippen molar-refractivity contribution in [3.8, 4) is 11.1 Å². The molecule has 0 saturated carbocycles. The molecule has 22 heavy (non-hydrogen) atoms. The highest BCUT2D eigenvalue weighted by atomic mass is 16.3. The molecule has 2 N–H and O–H groups in total. The number of nitrogens with zero attached hydrogens (tertiary/aromatic N) is 1. The molecular formula is C19H21NO2. The first-order valence-corrected chi connectivity index (χ1v) is 7.99. The highest BCUT2D eigenvalue weighted by molar-refractivity contribution is 5.78. The molecule has 1 saturated heterocycles. The van der Waals surface area contributed by atoms with Gasteiger partial charge in [0.25, 0.3) is 0 Å². The Morgan fingerprint density at radius 1 is 0.955 bits per heavy atom. The van der Waals surface area contributed by atoms with Crippen LogP contribution in [0.1, 0.15) is 23.5 Å². The third kappa shape index (κ3) is 2.17. The predicted octanol–water partition coefficient (Wildman–Crippen LogP) is 2.23. The first kappa shape index (κ1) is 13.9. The topological polar surface area (TPSA) is 43.7 Å². The number of hydrogen-bond donors (Lipinski definition) is 2. The van der Waals surface area contributed by atoms with Crippen LogP contribution in [0.25, 0.3) is 11.1 Å². The lowest BCUT2D eigenvalue weighted by Gasteiger charge is -2.26. The molecule has 2 aromatic carbocycles. The van der Waals surface area contributed by atoms with Gasteiger partial charge in [-0.25, -0.2) is 0 Å². The monoisotopic (exact) mass is 295 g/mol. The van der Waals surface area contributed by atoms with Gasteiger partial charge in [-0.05, 0) is 28.7 Å². The van der Waals surface area contributed by atoms with E-state index in [0.717, 1.165) is 6.54 Å². The van der Waals surface area contributed by atoms with Crippen molar-refractivity contribution in [3.05, 3.63) is 59.7 Å². The number of hydrogen-bond acceptors (Lipinski definition) is 3. The highest BCUT2D eigenvalue weighted by Crippen LogP contribution is 2.45. The smallest absolute Gasteiger partial charge is 0.0683 e. The minimum atomic E-state index is -0.316. The number of aliphatic hydroxyl groups is 2. The Balaban J connectivity index is 1.70. The Morgan fingerprint density at radius 3 is 2.14 bits per heavy atom. The van der Waals surface area contributed by atoms with E-state index in [1.165, 1.54) is 22.3 Å². The first-order chi connectivity index (χ1) is 10.8. The molecular weight excluding hydrogens is 274 g/mol. The molecule has 0 radical (unpaired) electrons. The summed E-state index contributed by atoms with van der Waals surface area (Å²) < 4.78 is 0. The van der Waals surface area contributed by atoms with Crippen molar-refractivity contribution in [2.24, 2.45) is 0 Å². The van der Waals surface area contributed by atoms with Gasteiger partial charge in [-0.3, -0.25) is 4.90 Å². The Bertz CT molecular complexity index is 639. The van der Waals surface area contributed by atoms with Crippen LogP contribution in [-0.2, 0) is 0 Å². The Labute approximate surface area is 130 Å². The molecule has 2 atom stereocenters. The van der Waals surface area contributed by atoms with E-state index in [-0.39, 0.29) is 18.8 Å².